The molecule has 1 heterocycles. The Balaban J connectivity index is 1.67. The zero-order valence-electron chi connectivity index (χ0n) is 10.3. The van der Waals surface area contributed by atoms with Crippen molar-refractivity contribution in [3.8, 4) is 0 Å². The van der Waals surface area contributed by atoms with E-state index in [2.05, 4.69) is 45.6 Å². The number of rotatable bonds is 2. The summed E-state index contributed by atoms with van der Waals surface area (Å²) >= 11 is 5.90. The van der Waals surface area contributed by atoms with Crippen LogP contribution in [0.1, 0.15) is 36.1 Å². The third-order valence-corrected chi connectivity index (χ3v) is 6.95. The van der Waals surface area contributed by atoms with Crippen LogP contribution in [0.5, 0.6) is 0 Å². The number of alkyl halides is 1. The Labute approximate surface area is 121 Å². The number of halogens is 1. The molecule has 0 spiro atoms. The molecule has 0 radical (unpaired) electrons. The summed E-state index contributed by atoms with van der Waals surface area (Å²) in [6.07, 6.45) is 5.86. The number of hydrogen-bond donors (Lipinski definition) is 0. The van der Waals surface area contributed by atoms with Gasteiger partial charge in [0.15, 0.2) is 0 Å². The molecule has 18 heavy (non-hydrogen) atoms. The molecule has 0 N–H and O–H groups in total. The molecule has 3 unspecified atom stereocenters. The lowest BCUT2D eigenvalue weighted by atomic mass is 10.0. The van der Waals surface area contributed by atoms with E-state index in [-0.39, 0.29) is 0 Å². The minimum absolute atomic E-state index is 0.585. The molecule has 0 nitrogen and oxygen atoms in total. The molecule has 2 aliphatic rings. The highest BCUT2D eigenvalue weighted by molar-refractivity contribution is 9.09. The van der Waals surface area contributed by atoms with Gasteiger partial charge >= 0.3 is 0 Å². The van der Waals surface area contributed by atoms with Crippen molar-refractivity contribution in [2.24, 2.45) is 17.8 Å². The number of hydrogen-bond acceptors (Lipinski definition) is 1. The van der Waals surface area contributed by atoms with Crippen LogP contribution < -0.4 is 0 Å². The van der Waals surface area contributed by atoms with Crippen LogP contribution in [-0.2, 0) is 0 Å². The molecule has 2 aliphatic carbocycles. The molecule has 0 saturated heterocycles. The van der Waals surface area contributed by atoms with E-state index in [4.69, 9.17) is 0 Å². The molecule has 0 bridgehead atoms. The Kier molecular flexibility index (Phi) is 2.77. The monoisotopic (exact) mass is 320 g/mol. The van der Waals surface area contributed by atoms with Crippen molar-refractivity contribution in [3.63, 3.8) is 0 Å². The number of thiophene rings is 1. The van der Waals surface area contributed by atoms with E-state index >= 15 is 0 Å². The van der Waals surface area contributed by atoms with Gasteiger partial charge in [-0.15, -0.1) is 11.3 Å². The molecule has 2 fully saturated rings. The van der Waals surface area contributed by atoms with Crippen LogP contribution >= 0.6 is 27.3 Å². The second-order valence-electron chi connectivity index (χ2n) is 5.78. The topological polar surface area (TPSA) is 0 Å². The first-order valence-corrected chi connectivity index (χ1v) is 8.76. The first-order valence-electron chi connectivity index (χ1n) is 6.96. The summed E-state index contributed by atoms with van der Waals surface area (Å²) in [4.78, 5) is 0.585. The van der Waals surface area contributed by atoms with Gasteiger partial charge in [0, 0.05) is 9.53 Å². The molecule has 1 aromatic heterocycles. The number of fused-ring (bicyclic) bond motifs is 2. The van der Waals surface area contributed by atoms with Crippen molar-refractivity contribution < 1.29 is 0 Å². The molecule has 94 valence electrons. The fraction of sp³-hybridized carbons (Fsp3) is 0.500. The highest BCUT2D eigenvalue weighted by Gasteiger charge is 2.53. The van der Waals surface area contributed by atoms with E-state index < -0.39 is 0 Å². The lowest BCUT2D eigenvalue weighted by Gasteiger charge is -2.08. The average Bonchev–Trinajstić information content (AvgIpc) is 2.99. The van der Waals surface area contributed by atoms with Gasteiger partial charge in [0.2, 0.25) is 0 Å². The van der Waals surface area contributed by atoms with Crippen molar-refractivity contribution in [2.45, 2.75) is 30.5 Å². The summed E-state index contributed by atoms with van der Waals surface area (Å²) in [6.45, 7) is 0. The fourth-order valence-corrected chi connectivity index (χ4v) is 6.24. The predicted molar refractivity (Wildman–Crippen MR) is 82.4 cm³/mol. The quantitative estimate of drug-likeness (QED) is 0.616. The molecule has 4 rings (SSSR count). The molecule has 3 atom stereocenters. The largest absolute Gasteiger partial charge is 0.143 e. The van der Waals surface area contributed by atoms with Gasteiger partial charge in [-0.1, -0.05) is 47.0 Å². The van der Waals surface area contributed by atoms with Gasteiger partial charge in [-0.25, -0.2) is 0 Å². The highest BCUT2D eigenvalue weighted by Crippen LogP contribution is 2.63. The maximum absolute atomic E-state index is 4.01. The van der Waals surface area contributed by atoms with Gasteiger partial charge in [-0.05, 0) is 53.0 Å². The van der Waals surface area contributed by atoms with Crippen LogP contribution in [0, 0.1) is 17.8 Å². The van der Waals surface area contributed by atoms with Crippen molar-refractivity contribution in [2.75, 3.05) is 0 Å². The first kappa shape index (κ1) is 11.5. The molecule has 0 amide bonds. The van der Waals surface area contributed by atoms with Gasteiger partial charge in [-0.3, -0.25) is 0 Å². The SMILES string of the molecule is BrC(c1csc2ccccc12)C1C2CCCCC21. The average molecular weight is 321 g/mol. The summed E-state index contributed by atoms with van der Waals surface area (Å²) in [5.41, 5.74) is 1.54. The van der Waals surface area contributed by atoms with E-state index in [9.17, 15) is 0 Å². The molecule has 2 heteroatoms. The minimum Gasteiger partial charge on any atom is -0.143 e. The van der Waals surface area contributed by atoms with Gasteiger partial charge in [-0.2, -0.15) is 0 Å². The van der Waals surface area contributed by atoms with E-state index in [0.29, 0.717) is 4.83 Å². The molecule has 1 aromatic carbocycles. The second kappa shape index (κ2) is 4.35. The van der Waals surface area contributed by atoms with Crippen LogP contribution in [0.4, 0.5) is 0 Å². The Hall–Kier alpha value is -0.340. The third kappa shape index (κ3) is 1.69. The van der Waals surface area contributed by atoms with Crippen molar-refractivity contribution in [1.29, 1.82) is 0 Å². The lowest BCUT2D eigenvalue weighted by Crippen LogP contribution is -1.93. The molecule has 0 aliphatic heterocycles. The van der Waals surface area contributed by atoms with E-state index in [1.54, 1.807) is 0 Å². The summed E-state index contributed by atoms with van der Waals surface area (Å²) in [5, 5.41) is 3.84. The van der Waals surface area contributed by atoms with Gasteiger partial charge in [0.1, 0.15) is 0 Å². The van der Waals surface area contributed by atoms with Crippen LogP contribution in [-0.4, -0.2) is 0 Å². The molecular weight excluding hydrogens is 304 g/mol. The fourth-order valence-electron chi connectivity index (χ4n) is 3.90. The third-order valence-electron chi connectivity index (χ3n) is 4.87. The van der Waals surface area contributed by atoms with Crippen LogP contribution in [0.25, 0.3) is 10.1 Å². The maximum Gasteiger partial charge on any atom is 0.0443 e. The van der Waals surface area contributed by atoms with Gasteiger partial charge in [0.25, 0.3) is 0 Å². The Bertz CT molecular complexity index is 561. The summed E-state index contributed by atoms with van der Waals surface area (Å²) < 4.78 is 1.43. The lowest BCUT2D eigenvalue weighted by molar-refractivity contribution is 0.480. The van der Waals surface area contributed by atoms with Gasteiger partial charge < -0.3 is 0 Å². The number of benzene rings is 1. The van der Waals surface area contributed by atoms with E-state index in [0.717, 1.165) is 17.8 Å². The zero-order chi connectivity index (χ0) is 12.1. The molecule has 2 aromatic rings. The first-order chi connectivity index (χ1) is 8.86. The standard InChI is InChI=1S/C16H17BrS/c17-16(15-11-6-1-2-7-12(11)15)13-9-18-14-8-4-3-5-10(13)14/h3-5,8-9,11-12,15-16H,1-2,6-7H2. The van der Waals surface area contributed by atoms with Crippen molar-refractivity contribution in [3.05, 3.63) is 35.2 Å². The van der Waals surface area contributed by atoms with Crippen molar-refractivity contribution >= 4 is 37.4 Å². The summed E-state index contributed by atoms with van der Waals surface area (Å²) in [5.74, 6) is 2.94. The smallest absolute Gasteiger partial charge is 0.0443 e. The van der Waals surface area contributed by atoms with E-state index in [1.807, 2.05) is 11.3 Å². The minimum atomic E-state index is 0.585. The Morgan fingerprint density at radius 1 is 1.11 bits per heavy atom. The Morgan fingerprint density at radius 2 is 1.83 bits per heavy atom. The highest BCUT2D eigenvalue weighted by atomic mass is 79.9. The molecule has 2 saturated carbocycles. The maximum atomic E-state index is 4.01. The molecular formula is C16H17BrS. The normalized spacial score (nSPS) is 32.2. The van der Waals surface area contributed by atoms with Gasteiger partial charge in [0.05, 0.1) is 0 Å². The summed E-state index contributed by atoms with van der Waals surface area (Å²) in [6, 6.07) is 8.83. The van der Waals surface area contributed by atoms with Crippen LogP contribution in [0.2, 0.25) is 0 Å². The van der Waals surface area contributed by atoms with Crippen molar-refractivity contribution in [1.82, 2.24) is 0 Å². The van der Waals surface area contributed by atoms with Crippen LogP contribution in [0.3, 0.4) is 0 Å². The predicted octanol–water partition coefficient (Wildman–Crippen LogP) is 5.77. The zero-order valence-corrected chi connectivity index (χ0v) is 12.7. The van der Waals surface area contributed by atoms with E-state index in [1.165, 1.54) is 41.3 Å². The Morgan fingerprint density at radius 3 is 2.61 bits per heavy atom. The summed E-state index contributed by atoms with van der Waals surface area (Å²) in [7, 11) is 0. The second-order valence-corrected chi connectivity index (χ2v) is 7.68. The van der Waals surface area contributed by atoms with Crippen LogP contribution in [0.15, 0.2) is 29.6 Å².